The number of hydrogen-bond donors (Lipinski definition) is 1. The predicted octanol–water partition coefficient (Wildman–Crippen LogP) is 3.02. The Balaban J connectivity index is 2.27. The van der Waals surface area contributed by atoms with E-state index in [0.717, 1.165) is 16.9 Å². The zero-order valence-corrected chi connectivity index (χ0v) is 9.46. The van der Waals surface area contributed by atoms with Crippen molar-refractivity contribution in [1.29, 1.82) is 0 Å². The van der Waals surface area contributed by atoms with Gasteiger partial charge in [0.15, 0.2) is 0 Å². The lowest BCUT2D eigenvalue weighted by atomic mass is 10.1. The fraction of sp³-hybridized carbons (Fsp3) is 0.0714. The van der Waals surface area contributed by atoms with Gasteiger partial charge in [-0.25, -0.2) is 4.98 Å². The monoisotopic (exact) mass is 224 g/mol. The van der Waals surface area contributed by atoms with Crippen molar-refractivity contribution in [3.05, 3.63) is 54.4 Å². The van der Waals surface area contributed by atoms with Crippen molar-refractivity contribution in [2.24, 2.45) is 0 Å². The first-order valence-electron chi connectivity index (χ1n) is 5.47. The van der Waals surface area contributed by atoms with Crippen molar-refractivity contribution >= 4 is 5.52 Å². The van der Waals surface area contributed by atoms with Crippen molar-refractivity contribution in [2.45, 2.75) is 6.92 Å². The van der Waals surface area contributed by atoms with Gasteiger partial charge < -0.3 is 5.11 Å². The molecule has 0 bridgehead atoms. The first kappa shape index (κ1) is 9.90. The smallest absolute Gasteiger partial charge is 0.144 e. The fourth-order valence-electron chi connectivity index (χ4n) is 1.98. The highest BCUT2D eigenvalue weighted by Crippen LogP contribution is 2.22. The van der Waals surface area contributed by atoms with Crippen molar-refractivity contribution in [2.75, 3.05) is 0 Å². The van der Waals surface area contributed by atoms with Crippen LogP contribution in [0.4, 0.5) is 0 Å². The topological polar surface area (TPSA) is 37.5 Å². The van der Waals surface area contributed by atoms with Crippen molar-refractivity contribution < 1.29 is 5.11 Å². The summed E-state index contributed by atoms with van der Waals surface area (Å²) in [7, 11) is 0. The Hall–Kier alpha value is -2.29. The summed E-state index contributed by atoms with van der Waals surface area (Å²) in [5.74, 6) is 1.09. The summed E-state index contributed by atoms with van der Waals surface area (Å²) < 4.78 is 1.89. The largest absolute Gasteiger partial charge is 0.506 e. The van der Waals surface area contributed by atoms with Crippen LogP contribution in [0.2, 0.25) is 0 Å². The molecule has 1 N–H and O–H groups in total. The normalized spacial score (nSPS) is 10.9. The highest BCUT2D eigenvalue weighted by atomic mass is 16.3. The Morgan fingerprint density at radius 2 is 2.06 bits per heavy atom. The Bertz CT molecular complexity index is 686. The van der Waals surface area contributed by atoms with Gasteiger partial charge in [-0.3, -0.25) is 4.40 Å². The van der Waals surface area contributed by atoms with Crippen LogP contribution in [0.1, 0.15) is 5.56 Å². The minimum Gasteiger partial charge on any atom is -0.506 e. The third kappa shape index (κ3) is 1.65. The molecule has 84 valence electrons. The van der Waals surface area contributed by atoms with E-state index in [1.807, 2.05) is 22.6 Å². The lowest BCUT2D eigenvalue weighted by molar-refractivity contribution is 0.472. The molecule has 0 fully saturated rings. The molecule has 0 saturated heterocycles. The SMILES string of the molecule is Cc1cccc(-c2ncc3ccc(O)cn23)c1. The molecule has 1 aromatic carbocycles. The van der Waals surface area contributed by atoms with Crippen molar-refractivity contribution in [3.8, 4) is 17.1 Å². The third-order valence-electron chi connectivity index (χ3n) is 2.79. The molecule has 3 rings (SSSR count). The molecule has 0 radical (unpaired) electrons. The van der Waals surface area contributed by atoms with Gasteiger partial charge in [0.2, 0.25) is 0 Å². The highest BCUT2D eigenvalue weighted by molar-refractivity contribution is 5.63. The maximum Gasteiger partial charge on any atom is 0.144 e. The van der Waals surface area contributed by atoms with Crippen LogP contribution in [-0.2, 0) is 0 Å². The van der Waals surface area contributed by atoms with Crippen LogP contribution in [-0.4, -0.2) is 14.5 Å². The molecule has 3 aromatic rings. The molecular formula is C14H12N2O. The summed E-state index contributed by atoms with van der Waals surface area (Å²) in [5.41, 5.74) is 3.22. The minimum atomic E-state index is 0.240. The summed E-state index contributed by atoms with van der Waals surface area (Å²) in [6.07, 6.45) is 3.48. The van der Waals surface area contributed by atoms with E-state index in [1.165, 1.54) is 5.56 Å². The van der Waals surface area contributed by atoms with Crippen LogP contribution in [0.15, 0.2) is 48.8 Å². The van der Waals surface area contributed by atoms with E-state index >= 15 is 0 Å². The fourth-order valence-corrected chi connectivity index (χ4v) is 1.98. The zero-order valence-electron chi connectivity index (χ0n) is 9.46. The molecule has 0 aliphatic carbocycles. The molecule has 0 atom stereocenters. The molecule has 0 aliphatic rings. The van der Waals surface area contributed by atoms with Gasteiger partial charge >= 0.3 is 0 Å². The number of hydrogen-bond acceptors (Lipinski definition) is 2. The van der Waals surface area contributed by atoms with Crippen LogP contribution in [0, 0.1) is 6.92 Å². The van der Waals surface area contributed by atoms with E-state index in [2.05, 4.69) is 24.0 Å². The number of aromatic hydroxyl groups is 1. The molecule has 0 saturated carbocycles. The number of imidazole rings is 1. The molecule has 0 amide bonds. The van der Waals surface area contributed by atoms with Gasteiger partial charge in [0.05, 0.1) is 17.9 Å². The van der Waals surface area contributed by atoms with E-state index in [4.69, 9.17) is 0 Å². The first-order chi connectivity index (χ1) is 8.24. The van der Waals surface area contributed by atoms with Crippen LogP contribution in [0.3, 0.4) is 0 Å². The van der Waals surface area contributed by atoms with Crippen LogP contribution < -0.4 is 0 Å². The summed E-state index contributed by atoms with van der Waals surface area (Å²) in [5, 5.41) is 9.53. The van der Waals surface area contributed by atoms with Gasteiger partial charge in [0.25, 0.3) is 0 Å². The molecule has 3 heteroatoms. The summed E-state index contributed by atoms with van der Waals surface area (Å²) in [4.78, 5) is 4.40. The van der Waals surface area contributed by atoms with Gasteiger partial charge in [-0.05, 0) is 25.1 Å². The Morgan fingerprint density at radius 1 is 1.18 bits per heavy atom. The molecule has 2 aromatic heterocycles. The molecule has 3 nitrogen and oxygen atoms in total. The Morgan fingerprint density at radius 3 is 2.88 bits per heavy atom. The maximum absolute atomic E-state index is 9.53. The number of pyridine rings is 1. The second-order valence-corrected chi connectivity index (χ2v) is 4.13. The molecule has 0 spiro atoms. The van der Waals surface area contributed by atoms with Crippen LogP contribution >= 0.6 is 0 Å². The van der Waals surface area contributed by atoms with Crippen LogP contribution in [0.25, 0.3) is 16.9 Å². The summed E-state index contributed by atoms with van der Waals surface area (Å²) >= 11 is 0. The molecule has 0 unspecified atom stereocenters. The quantitative estimate of drug-likeness (QED) is 0.690. The number of benzene rings is 1. The summed E-state index contributed by atoms with van der Waals surface area (Å²) in [6, 6.07) is 11.7. The van der Waals surface area contributed by atoms with E-state index in [1.54, 1.807) is 18.5 Å². The van der Waals surface area contributed by atoms with Crippen molar-refractivity contribution in [3.63, 3.8) is 0 Å². The number of rotatable bonds is 1. The lowest BCUT2D eigenvalue weighted by Crippen LogP contribution is -1.89. The Kier molecular flexibility index (Phi) is 2.11. The van der Waals surface area contributed by atoms with E-state index in [0.29, 0.717) is 0 Å². The molecule has 2 heterocycles. The molecule has 17 heavy (non-hydrogen) atoms. The second kappa shape index (κ2) is 3.63. The number of aryl methyl sites for hydroxylation is 1. The number of aromatic nitrogens is 2. The molecule has 0 aliphatic heterocycles. The first-order valence-corrected chi connectivity index (χ1v) is 5.47. The maximum atomic E-state index is 9.53. The molecular weight excluding hydrogens is 212 g/mol. The van der Waals surface area contributed by atoms with Gasteiger partial charge in [-0.1, -0.05) is 23.8 Å². The minimum absolute atomic E-state index is 0.240. The zero-order chi connectivity index (χ0) is 11.8. The Labute approximate surface area is 99.0 Å². The van der Waals surface area contributed by atoms with Gasteiger partial charge in [0.1, 0.15) is 11.6 Å². The van der Waals surface area contributed by atoms with E-state index < -0.39 is 0 Å². The number of nitrogens with zero attached hydrogens (tertiary/aromatic N) is 2. The highest BCUT2D eigenvalue weighted by Gasteiger charge is 2.06. The van der Waals surface area contributed by atoms with Crippen LogP contribution in [0.5, 0.6) is 5.75 Å². The average Bonchev–Trinajstić information content (AvgIpc) is 2.71. The second-order valence-electron chi connectivity index (χ2n) is 4.13. The van der Waals surface area contributed by atoms with Gasteiger partial charge in [0, 0.05) is 5.56 Å². The van der Waals surface area contributed by atoms with E-state index in [9.17, 15) is 5.11 Å². The van der Waals surface area contributed by atoms with Gasteiger partial charge in [-0.2, -0.15) is 0 Å². The lowest BCUT2D eigenvalue weighted by Gasteiger charge is -2.03. The number of fused-ring (bicyclic) bond motifs is 1. The summed E-state index contributed by atoms with van der Waals surface area (Å²) in [6.45, 7) is 2.05. The van der Waals surface area contributed by atoms with Gasteiger partial charge in [-0.15, -0.1) is 0 Å². The average molecular weight is 224 g/mol. The van der Waals surface area contributed by atoms with Crippen molar-refractivity contribution in [1.82, 2.24) is 9.38 Å². The van der Waals surface area contributed by atoms with E-state index in [-0.39, 0.29) is 5.75 Å². The standard InChI is InChI=1S/C14H12N2O/c1-10-3-2-4-11(7-10)14-15-8-12-5-6-13(17)9-16(12)14/h2-9,17H,1H3. The predicted molar refractivity (Wildman–Crippen MR) is 67.0 cm³/mol. The third-order valence-corrected chi connectivity index (χ3v) is 2.79.